The van der Waals surface area contributed by atoms with E-state index in [2.05, 4.69) is 15.3 Å². The summed E-state index contributed by atoms with van der Waals surface area (Å²) < 4.78 is 0. The molecule has 2 rings (SSSR count). The van der Waals surface area contributed by atoms with E-state index < -0.39 is 24.4 Å². The Morgan fingerprint density at radius 3 is 2.60 bits per heavy atom. The van der Waals surface area contributed by atoms with Gasteiger partial charge < -0.3 is 15.5 Å². The van der Waals surface area contributed by atoms with Gasteiger partial charge in [0.05, 0.1) is 11.9 Å². The molecule has 108 valence electrons. The summed E-state index contributed by atoms with van der Waals surface area (Å²) in [6, 6.07) is 5.82. The van der Waals surface area contributed by atoms with E-state index in [9.17, 15) is 9.59 Å². The van der Waals surface area contributed by atoms with Crippen LogP contribution >= 0.6 is 12.4 Å². The molecule has 0 spiro atoms. The number of hydrogen-bond acceptors (Lipinski definition) is 5. The number of aliphatic carboxylic acids is 2. The van der Waals surface area contributed by atoms with Crippen LogP contribution in [-0.2, 0) is 9.59 Å². The number of hydrogen-bond donors (Lipinski definition) is 3. The number of anilines is 1. The highest BCUT2D eigenvalue weighted by molar-refractivity contribution is 5.91. The minimum Gasteiger partial charge on any atom is -0.481 e. The third-order valence-electron chi connectivity index (χ3n) is 2.53. The number of para-hydroxylation sites is 1. The molecule has 0 aliphatic rings. The summed E-state index contributed by atoms with van der Waals surface area (Å²) in [5.41, 5.74) is 0.652. The predicted octanol–water partition coefficient (Wildman–Crippen LogP) is 1.64. The van der Waals surface area contributed by atoms with Gasteiger partial charge in [0.2, 0.25) is 0 Å². The average molecular weight is 300 g/mol. The smallest absolute Gasteiger partial charge is 0.326 e. The normalized spacial score (nSPS) is 11.4. The molecule has 0 saturated carbocycles. The number of aromatic nitrogens is 2. The van der Waals surface area contributed by atoms with E-state index in [0.717, 1.165) is 0 Å². The maximum atomic E-state index is 11.0. The molecule has 8 heteroatoms. The molecule has 0 amide bonds. The van der Waals surface area contributed by atoms with Gasteiger partial charge in [-0.15, -0.1) is 12.4 Å². The quantitative estimate of drug-likeness (QED) is 0.769. The van der Waals surface area contributed by atoms with E-state index in [0.29, 0.717) is 16.7 Å². The van der Waals surface area contributed by atoms with E-state index in [1.54, 1.807) is 24.3 Å². The third kappa shape index (κ3) is 3.55. The van der Waals surface area contributed by atoms with E-state index >= 15 is 0 Å². The maximum absolute atomic E-state index is 11.0. The maximum Gasteiger partial charge on any atom is 0.326 e. The monoisotopic (exact) mass is 299 g/mol. The third-order valence-corrected chi connectivity index (χ3v) is 2.53. The second-order valence-corrected chi connectivity index (χ2v) is 3.87. The Bertz CT molecular complexity index is 635. The molecule has 0 radical (unpaired) electrons. The molecule has 0 fully saturated rings. The molecule has 1 aromatic carbocycles. The molecule has 1 heterocycles. The number of rotatable bonds is 5. The van der Waals surface area contributed by atoms with Crippen molar-refractivity contribution < 1.29 is 21.2 Å². The van der Waals surface area contributed by atoms with Crippen LogP contribution in [0, 0.1) is 0 Å². The fourth-order valence-electron chi connectivity index (χ4n) is 1.66. The van der Waals surface area contributed by atoms with Crippen LogP contribution in [-0.4, -0.2) is 38.2 Å². The predicted molar refractivity (Wildman–Crippen MR) is 76.2 cm³/mol. The van der Waals surface area contributed by atoms with Crippen LogP contribution in [0.25, 0.3) is 10.9 Å². The van der Waals surface area contributed by atoms with Crippen LogP contribution in [0.5, 0.6) is 0 Å². The van der Waals surface area contributed by atoms with Gasteiger partial charge in [0.15, 0.2) is 0 Å². The molecule has 20 heavy (non-hydrogen) atoms. The average Bonchev–Trinajstić information content (AvgIpc) is 2.37. The van der Waals surface area contributed by atoms with Crippen molar-refractivity contribution in [1.29, 1.82) is 0 Å². The zero-order chi connectivity index (χ0) is 13.8. The lowest BCUT2D eigenvalue weighted by Gasteiger charge is -2.14. The fraction of sp³-hybridized carbons (Fsp3) is 0.167. The fourth-order valence-corrected chi connectivity index (χ4v) is 1.66. The highest BCUT2D eigenvalue weighted by Crippen LogP contribution is 2.19. The van der Waals surface area contributed by atoms with Crippen LogP contribution in [0.1, 0.15) is 7.85 Å². The van der Waals surface area contributed by atoms with Crippen LogP contribution in [0.2, 0.25) is 0 Å². The van der Waals surface area contributed by atoms with Crippen molar-refractivity contribution in [3.63, 3.8) is 0 Å². The number of halogens is 1. The van der Waals surface area contributed by atoms with E-state index in [1.165, 1.54) is 6.33 Å². The molecule has 1 atom stereocenters. The molecular formula is C12H14ClN3O4. The highest BCUT2D eigenvalue weighted by atomic mass is 35.5. The van der Waals surface area contributed by atoms with E-state index in [-0.39, 0.29) is 13.8 Å². The molecule has 3 N–H and O–H groups in total. The lowest BCUT2D eigenvalue weighted by molar-refractivity contribution is -0.144. The number of carboxylic acids is 2. The standard InChI is InChI=1S/C12H11N3O4.ClH.H2/c16-10(17)5-9(12(18)19)15-11-7-3-1-2-4-8(7)13-6-14-11;;/h1-4,6,9H,5H2,(H,16,17)(H,18,19)(H,13,14,15);2*1H. The summed E-state index contributed by atoms with van der Waals surface area (Å²) in [6.07, 6.45) is 0.762. The minimum atomic E-state index is -1.25. The Morgan fingerprint density at radius 1 is 1.25 bits per heavy atom. The first-order valence-electron chi connectivity index (χ1n) is 5.49. The van der Waals surface area contributed by atoms with Crippen LogP contribution in [0.3, 0.4) is 0 Å². The second-order valence-electron chi connectivity index (χ2n) is 3.87. The van der Waals surface area contributed by atoms with Gasteiger partial charge in [-0.25, -0.2) is 14.8 Å². The summed E-state index contributed by atoms with van der Waals surface area (Å²) in [4.78, 5) is 29.6. The Balaban J connectivity index is 0.00000200. The zero-order valence-electron chi connectivity index (χ0n) is 10.2. The number of benzene rings is 1. The molecule has 0 aliphatic heterocycles. The van der Waals surface area contributed by atoms with Crippen molar-refractivity contribution in [2.24, 2.45) is 0 Å². The van der Waals surface area contributed by atoms with Crippen molar-refractivity contribution in [1.82, 2.24) is 9.97 Å². The Labute approximate surface area is 121 Å². The zero-order valence-corrected chi connectivity index (χ0v) is 11.0. The lowest BCUT2D eigenvalue weighted by atomic mass is 10.2. The van der Waals surface area contributed by atoms with Gasteiger partial charge in [-0.05, 0) is 12.1 Å². The minimum absolute atomic E-state index is 0. The summed E-state index contributed by atoms with van der Waals surface area (Å²) in [5.74, 6) is -2.14. The van der Waals surface area contributed by atoms with Crippen LogP contribution in [0.15, 0.2) is 30.6 Å². The van der Waals surface area contributed by atoms with Gasteiger partial charge in [-0.3, -0.25) is 4.79 Å². The topological polar surface area (TPSA) is 112 Å². The number of fused-ring (bicyclic) bond motifs is 1. The van der Waals surface area contributed by atoms with E-state index in [1.807, 2.05) is 0 Å². The lowest BCUT2D eigenvalue weighted by Crippen LogP contribution is -2.32. The van der Waals surface area contributed by atoms with Gasteiger partial charge >= 0.3 is 11.9 Å². The van der Waals surface area contributed by atoms with Crippen molar-refractivity contribution in [2.45, 2.75) is 12.5 Å². The summed E-state index contributed by atoms with van der Waals surface area (Å²) >= 11 is 0. The van der Waals surface area contributed by atoms with Crippen molar-refractivity contribution in [2.75, 3.05) is 5.32 Å². The van der Waals surface area contributed by atoms with Gasteiger partial charge in [-0.1, -0.05) is 12.1 Å². The second kappa shape index (κ2) is 6.67. The Hall–Kier alpha value is -2.41. The highest BCUT2D eigenvalue weighted by Gasteiger charge is 2.21. The molecule has 1 aromatic heterocycles. The molecule has 7 nitrogen and oxygen atoms in total. The molecule has 0 bridgehead atoms. The molecule has 0 aliphatic carbocycles. The van der Waals surface area contributed by atoms with Crippen molar-refractivity contribution in [3.05, 3.63) is 30.6 Å². The first kappa shape index (κ1) is 15.6. The van der Waals surface area contributed by atoms with Crippen LogP contribution < -0.4 is 5.32 Å². The van der Waals surface area contributed by atoms with Gasteiger partial charge in [0.25, 0.3) is 0 Å². The first-order chi connectivity index (χ1) is 9.08. The summed E-state index contributed by atoms with van der Waals surface area (Å²) in [7, 11) is 0. The van der Waals surface area contributed by atoms with Gasteiger partial charge in [0, 0.05) is 6.81 Å². The molecular weight excluding hydrogens is 286 g/mol. The number of nitrogens with zero attached hydrogens (tertiary/aromatic N) is 2. The molecule has 0 saturated heterocycles. The number of carboxylic acid groups (broad SMARTS) is 2. The SMILES string of the molecule is Cl.O=C(O)CC(Nc1ncnc2ccccc12)C(=O)O.[HH]. The van der Waals surface area contributed by atoms with E-state index in [4.69, 9.17) is 10.2 Å². The summed E-state index contributed by atoms with van der Waals surface area (Å²) in [6.45, 7) is 0. The van der Waals surface area contributed by atoms with Crippen molar-refractivity contribution >= 4 is 41.1 Å². The number of carbonyl (C=O) groups is 2. The first-order valence-corrected chi connectivity index (χ1v) is 5.49. The van der Waals surface area contributed by atoms with Crippen molar-refractivity contribution in [3.8, 4) is 0 Å². The largest absolute Gasteiger partial charge is 0.481 e. The number of nitrogens with one attached hydrogen (secondary N) is 1. The molecule has 1 unspecified atom stereocenters. The molecule has 2 aromatic rings. The van der Waals surface area contributed by atoms with Crippen LogP contribution in [0.4, 0.5) is 5.82 Å². The van der Waals surface area contributed by atoms with Gasteiger partial charge in [-0.2, -0.15) is 0 Å². The Kier molecular flexibility index (Phi) is 5.22. The van der Waals surface area contributed by atoms with Gasteiger partial charge in [0.1, 0.15) is 18.2 Å². The Morgan fingerprint density at radius 2 is 1.95 bits per heavy atom. The summed E-state index contributed by atoms with van der Waals surface area (Å²) in [5, 5.41) is 20.9.